The quantitative estimate of drug-likeness (QED) is 0.753. The van der Waals surface area contributed by atoms with Crippen molar-refractivity contribution in [2.24, 2.45) is 7.05 Å². The topological polar surface area (TPSA) is 39.1 Å². The standard InChI is InChI=1S/C10H19N3O.ClH/c1-9-7-12-13(2)10(9)8-11-5-4-6-14-3;/h7,11H,4-6,8H2,1-3H3;1H. The van der Waals surface area contributed by atoms with E-state index in [2.05, 4.69) is 17.3 Å². The van der Waals surface area contributed by atoms with Crippen molar-refractivity contribution < 1.29 is 4.74 Å². The number of hydrogen-bond acceptors (Lipinski definition) is 3. The monoisotopic (exact) mass is 233 g/mol. The van der Waals surface area contributed by atoms with Gasteiger partial charge < -0.3 is 10.1 Å². The fourth-order valence-corrected chi connectivity index (χ4v) is 1.37. The number of nitrogens with one attached hydrogen (secondary N) is 1. The smallest absolute Gasteiger partial charge is 0.0547 e. The van der Waals surface area contributed by atoms with Crippen LogP contribution < -0.4 is 5.32 Å². The van der Waals surface area contributed by atoms with E-state index in [-0.39, 0.29) is 12.4 Å². The van der Waals surface area contributed by atoms with Crippen LogP contribution in [0.25, 0.3) is 0 Å². The van der Waals surface area contributed by atoms with Crippen LogP contribution >= 0.6 is 12.4 Å². The van der Waals surface area contributed by atoms with Gasteiger partial charge in [-0.3, -0.25) is 4.68 Å². The van der Waals surface area contributed by atoms with Gasteiger partial charge in [-0.1, -0.05) is 0 Å². The van der Waals surface area contributed by atoms with Gasteiger partial charge in [-0.15, -0.1) is 12.4 Å². The fourth-order valence-electron chi connectivity index (χ4n) is 1.37. The largest absolute Gasteiger partial charge is 0.385 e. The average Bonchev–Trinajstić information content (AvgIpc) is 2.48. The fraction of sp³-hybridized carbons (Fsp3) is 0.700. The minimum absolute atomic E-state index is 0. The molecule has 5 heteroatoms. The van der Waals surface area contributed by atoms with E-state index >= 15 is 0 Å². The molecule has 1 heterocycles. The van der Waals surface area contributed by atoms with Crippen LogP contribution in [0, 0.1) is 6.92 Å². The molecule has 0 spiro atoms. The molecule has 1 aromatic rings. The maximum Gasteiger partial charge on any atom is 0.0547 e. The predicted molar refractivity (Wildman–Crippen MR) is 63.4 cm³/mol. The first-order valence-corrected chi connectivity index (χ1v) is 4.93. The molecule has 1 N–H and O–H groups in total. The van der Waals surface area contributed by atoms with E-state index in [0.29, 0.717) is 0 Å². The van der Waals surface area contributed by atoms with E-state index in [1.807, 2.05) is 17.9 Å². The molecular weight excluding hydrogens is 214 g/mol. The number of aromatic nitrogens is 2. The van der Waals surface area contributed by atoms with Gasteiger partial charge in [0.1, 0.15) is 0 Å². The second-order valence-corrected chi connectivity index (χ2v) is 3.42. The molecule has 0 amide bonds. The van der Waals surface area contributed by atoms with E-state index in [1.54, 1.807) is 7.11 Å². The first-order valence-electron chi connectivity index (χ1n) is 4.93. The lowest BCUT2D eigenvalue weighted by molar-refractivity contribution is 0.194. The van der Waals surface area contributed by atoms with Crippen molar-refractivity contribution in [2.45, 2.75) is 19.9 Å². The van der Waals surface area contributed by atoms with Gasteiger partial charge in [0.25, 0.3) is 0 Å². The Bertz CT molecular complexity index is 256. The Morgan fingerprint density at radius 3 is 2.80 bits per heavy atom. The van der Waals surface area contributed by atoms with Crippen LogP contribution in [-0.2, 0) is 18.3 Å². The maximum atomic E-state index is 4.97. The lowest BCUT2D eigenvalue weighted by Gasteiger charge is -2.05. The summed E-state index contributed by atoms with van der Waals surface area (Å²) in [6, 6.07) is 0. The number of hydrogen-bond donors (Lipinski definition) is 1. The molecule has 1 aromatic heterocycles. The molecule has 0 fully saturated rings. The highest BCUT2D eigenvalue weighted by Crippen LogP contribution is 2.04. The first kappa shape index (κ1) is 14.4. The summed E-state index contributed by atoms with van der Waals surface area (Å²) in [7, 11) is 3.70. The SMILES string of the molecule is COCCCNCc1c(C)cnn1C.Cl. The van der Waals surface area contributed by atoms with E-state index in [0.717, 1.165) is 26.1 Å². The third kappa shape index (κ3) is 4.64. The van der Waals surface area contributed by atoms with Gasteiger partial charge >= 0.3 is 0 Å². The highest BCUT2D eigenvalue weighted by Gasteiger charge is 2.02. The van der Waals surface area contributed by atoms with E-state index in [1.165, 1.54) is 11.3 Å². The maximum absolute atomic E-state index is 4.97. The molecule has 0 unspecified atom stereocenters. The summed E-state index contributed by atoms with van der Waals surface area (Å²) < 4.78 is 6.88. The molecule has 4 nitrogen and oxygen atoms in total. The second-order valence-electron chi connectivity index (χ2n) is 3.42. The number of nitrogens with zero attached hydrogens (tertiary/aromatic N) is 2. The molecular formula is C10H20ClN3O. The number of aryl methyl sites for hydroxylation is 2. The minimum atomic E-state index is 0. The predicted octanol–water partition coefficient (Wildman–Crippen LogP) is 1.28. The van der Waals surface area contributed by atoms with Crippen LogP contribution in [0.1, 0.15) is 17.7 Å². The van der Waals surface area contributed by atoms with Crippen LogP contribution in [-0.4, -0.2) is 30.0 Å². The second kappa shape index (κ2) is 7.68. The van der Waals surface area contributed by atoms with E-state index < -0.39 is 0 Å². The molecule has 15 heavy (non-hydrogen) atoms. The Labute approximate surface area is 97.4 Å². The van der Waals surface area contributed by atoms with Crippen molar-refractivity contribution in [2.75, 3.05) is 20.3 Å². The molecule has 88 valence electrons. The molecule has 0 radical (unpaired) electrons. The van der Waals surface area contributed by atoms with Crippen LogP contribution in [0.15, 0.2) is 6.20 Å². The summed E-state index contributed by atoms with van der Waals surface area (Å²) in [4.78, 5) is 0. The Kier molecular flexibility index (Phi) is 7.38. The van der Waals surface area contributed by atoms with Crippen molar-refractivity contribution >= 4 is 12.4 Å². The van der Waals surface area contributed by atoms with Crippen LogP contribution in [0.3, 0.4) is 0 Å². The number of methoxy groups -OCH3 is 1. The molecule has 0 aliphatic rings. The van der Waals surface area contributed by atoms with Gasteiger partial charge in [-0.05, 0) is 25.5 Å². The summed E-state index contributed by atoms with van der Waals surface area (Å²) in [5, 5.41) is 7.55. The zero-order valence-corrected chi connectivity index (χ0v) is 10.4. The number of rotatable bonds is 6. The zero-order valence-electron chi connectivity index (χ0n) is 9.62. The third-order valence-corrected chi connectivity index (χ3v) is 2.26. The molecule has 0 aliphatic carbocycles. The Hall–Kier alpha value is -0.580. The Morgan fingerprint density at radius 2 is 2.27 bits per heavy atom. The minimum Gasteiger partial charge on any atom is -0.385 e. The highest BCUT2D eigenvalue weighted by molar-refractivity contribution is 5.85. The molecule has 0 saturated carbocycles. The lowest BCUT2D eigenvalue weighted by atomic mass is 10.3. The molecule has 0 bridgehead atoms. The van der Waals surface area contributed by atoms with Gasteiger partial charge in [0.05, 0.1) is 11.9 Å². The summed E-state index contributed by atoms with van der Waals surface area (Å²) in [5.41, 5.74) is 2.49. The summed E-state index contributed by atoms with van der Waals surface area (Å²) in [6.45, 7) is 4.76. The van der Waals surface area contributed by atoms with E-state index in [4.69, 9.17) is 4.74 Å². The third-order valence-electron chi connectivity index (χ3n) is 2.26. The van der Waals surface area contributed by atoms with Crippen molar-refractivity contribution in [3.8, 4) is 0 Å². The molecule has 0 aromatic carbocycles. The van der Waals surface area contributed by atoms with Crippen molar-refractivity contribution in [1.29, 1.82) is 0 Å². The molecule has 0 atom stereocenters. The first-order chi connectivity index (χ1) is 6.75. The van der Waals surface area contributed by atoms with Crippen LogP contribution in [0.2, 0.25) is 0 Å². The lowest BCUT2D eigenvalue weighted by Crippen LogP contribution is -2.18. The normalized spacial score (nSPS) is 10.1. The zero-order chi connectivity index (χ0) is 10.4. The Morgan fingerprint density at radius 1 is 1.53 bits per heavy atom. The van der Waals surface area contributed by atoms with Gasteiger partial charge in [-0.25, -0.2) is 0 Å². The van der Waals surface area contributed by atoms with Gasteiger partial charge in [-0.2, -0.15) is 5.10 Å². The van der Waals surface area contributed by atoms with Crippen LogP contribution in [0.4, 0.5) is 0 Å². The molecule has 0 saturated heterocycles. The van der Waals surface area contributed by atoms with Gasteiger partial charge in [0, 0.05) is 27.3 Å². The average molecular weight is 234 g/mol. The number of halogens is 1. The Balaban J connectivity index is 0.00000196. The van der Waals surface area contributed by atoms with Gasteiger partial charge in [0.2, 0.25) is 0 Å². The van der Waals surface area contributed by atoms with Gasteiger partial charge in [0.15, 0.2) is 0 Å². The van der Waals surface area contributed by atoms with Crippen molar-refractivity contribution in [3.63, 3.8) is 0 Å². The number of ether oxygens (including phenoxy) is 1. The molecule has 0 aliphatic heterocycles. The van der Waals surface area contributed by atoms with E-state index in [9.17, 15) is 0 Å². The van der Waals surface area contributed by atoms with Crippen LogP contribution in [0.5, 0.6) is 0 Å². The molecule has 1 rings (SSSR count). The van der Waals surface area contributed by atoms with Crippen molar-refractivity contribution in [1.82, 2.24) is 15.1 Å². The summed E-state index contributed by atoms with van der Waals surface area (Å²) >= 11 is 0. The van der Waals surface area contributed by atoms with Crippen molar-refractivity contribution in [3.05, 3.63) is 17.5 Å². The summed E-state index contributed by atoms with van der Waals surface area (Å²) in [6.07, 6.45) is 2.94. The summed E-state index contributed by atoms with van der Waals surface area (Å²) in [5.74, 6) is 0. The highest BCUT2D eigenvalue weighted by atomic mass is 35.5.